The van der Waals surface area contributed by atoms with E-state index < -0.39 is 0 Å². The molecule has 2 heterocycles. The highest BCUT2D eigenvalue weighted by molar-refractivity contribution is 6.25. The number of hydrogen-bond acceptors (Lipinski definition) is 4. The van der Waals surface area contributed by atoms with Crippen LogP contribution in [-0.2, 0) is 0 Å². The maximum atomic E-state index is 5.16. The van der Waals surface area contributed by atoms with Crippen LogP contribution in [0.4, 0.5) is 0 Å². The van der Waals surface area contributed by atoms with Crippen molar-refractivity contribution in [2.45, 2.75) is 0 Å². The van der Waals surface area contributed by atoms with Gasteiger partial charge >= 0.3 is 0 Å². The zero-order valence-corrected chi connectivity index (χ0v) is 31.4. The van der Waals surface area contributed by atoms with Crippen LogP contribution in [0.5, 0.6) is 0 Å². The number of hydrogen-bond donors (Lipinski definition) is 0. The molecule has 0 saturated carbocycles. The Morgan fingerprint density at radius 2 is 0.672 bits per heavy atom. The summed E-state index contributed by atoms with van der Waals surface area (Å²) in [4.78, 5) is 20.3. The Kier molecular flexibility index (Phi) is 8.11. The fraction of sp³-hybridized carbons (Fsp3) is 0. The standard InChI is InChI=1S/C54H34N4/c1-3-15-36(16-4-1)52-56-53(37-17-5-2-6-18-37)58-54(57-52)43-32-41(38-19-13-20-40(30-38)51-29-27-35-14-7-12-25-50(35)55-51)31-42(33-43)39-26-28-48-46-23-9-8-21-44(46)45-22-10-11-24-47(45)49(48)34-39/h1-34H. The molecule has 0 saturated heterocycles. The second-order valence-corrected chi connectivity index (χ2v) is 14.7. The minimum Gasteiger partial charge on any atom is -0.248 e. The molecular weight excluding hydrogens is 705 g/mol. The van der Waals surface area contributed by atoms with E-state index in [0.29, 0.717) is 17.5 Å². The van der Waals surface area contributed by atoms with Crippen LogP contribution in [0, 0.1) is 0 Å². The summed E-state index contributed by atoms with van der Waals surface area (Å²) < 4.78 is 0. The fourth-order valence-electron chi connectivity index (χ4n) is 8.20. The summed E-state index contributed by atoms with van der Waals surface area (Å²) in [6, 6.07) is 72.5. The lowest BCUT2D eigenvalue weighted by Crippen LogP contribution is -2.00. The molecule has 0 fully saturated rings. The molecule has 0 N–H and O–H groups in total. The lowest BCUT2D eigenvalue weighted by atomic mass is 9.90. The number of benzene rings is 9. The summed E-state index contributed by atoms with van der Waals surface area (Å²) in [5.74, 6) is 1.87. The molecule has 0 amide bonds. The molecule has 11 aromatic rings. The fourth-order valence-corrected chi connectivity index (χ4v) is 8.20. The summed E-state index contributed by atoms with van der Waals surface area (Å²) in [7, 11) is 0. The maximum absolute atomic E-state index is 5.16. The van der Waals surface area contributed by atoms with Crippen LogP contribution in [0.2, 0.25) is 0 Å². The van der Waals surface area contributed by atoms with Crippen molar-refractivity contribution in [3.05, 3.63) is 206 Å². The van der Waals surface area contributed by atoms with Crippen molar-refractivity contribution in [1.82, 2.24) is 19.9 Å². The Morgan fingerprint density at radius 3 is 1.31 bits per heavy atom. The molecule has 0 aliphatic rings. The van der Waals surface area contributed by atoms with Crippen LogP contribution in [0.25, 0.3) is 111 Å². The van der Waals surface area contributed by atoms with E-state index in [9.17, 15) is 0 Å². The normalized spacial score (nSPS) is 11.4. The van der Waals surface area contributed by atoms with E-state index in [1.165, 1.54) is 32.3 Å². The number of rotatable bonds is 6. The van der Waals surface area contributed by atoms with E-state index in [4.69, 9.17) is 19.9 Å². The molecule has 0 radical (unpaired) electrons. The molecule has 58 heavy (non-hydrogen) atoms. The van der Waals surface area contributed by atoms with Crippen LogP contribution in [0.15, 0.2) is 206 Å². The molecule has 4 nitrogen and oxygen atoms in total. The van der Waals surface area contributed by atoms with Crippen molar-refractivity contribution in [2.75, 3.05) is 0 Å². The van der Waals surface area contributed by atoms with Gasteiger partial charge in [-0.15, -0.1) is 0 Å². The number of para-hydroxylation sites is 1. The van der Waals surface area contributed by atoms with Gasteiger partial charge in [0.1, 0.15) is 0 Å². The van der Waals surface area contributed by atoms with Gasteiger partial charge in [0.05, 0.1) is 11.2 Å². The first kappa shape index (κ1) is 33.5. The molecule has 0 bridgehead atoms. The van der Waals surface area contributed by atoms with Crippen LogP contribution in [0.1, 0.15) is 0 Å². The molecule has 0 spiro atoms. The van der Waals surface area contributed by atoms with Gasteiger partial charge in [-0.2, -0.15) is 0 Å². The molecular formula is C54H34N4. The first-order chi connectivity index (χ1) is 28.7. The van der Waals surface area contributed by atoms with Crippen molar-refractivity contribution in [2.24, 2.45) is 0 Å². The van der Waals surface area contributed by atoms with Crippen molar-refractivity contribution < 1.29 is 0 Å². The third kappa shape index (κ3) is 6.05. The van der Waals surface area contributed by atoms with Gasteiger partial charge in [-0.05, 0) is 97.0 Å². The van der Waals surface area contributed by atoms with Gasteiger partial charge in [0.2, 0.25) is 0 Å². The van der Waals surface area contributed by atoms with Crippen LogP contribution in [0.3, 0.4) is 0 Å². The first-order valence-electron chi connectivity index (χ1n) is 19.5. The second-order valence-electron chi connectivity index (χ2n) is 14.7. The van der Waals surface area contributed by atoms with Gasteiger partial charge in [-0.25, -0.2) is 19.9 Å². The summed E-state index contributed by atoms with van der Waals surface area (Å²) >= 11 is 0. The highest BCUT2D eigenvalue weighted by atomic mass is 15.0. The largest absolute Gasteiger partial charge is 0.248 e. The van der Waals surface area contributed by atoms with E-state index >= 15 is 0 Å². The zero-order valence-electron chi connectivity index (χ0n) is 31.4. The SMILES string of the molecule is c1ccc(-c2nc(-c3ccccc3)nc(-c3cc(-c4cccc(-c5ccc6ccccc6n5)c4)cc(-c4ccc5c6ccccc6c6ccccc6c5c4)c3)n2)cc1. The van der Waals surface area contributed by atoms with Gasteiger partial charge in [0.15, 0.2) is 17.5 Å². The molecule has 4 heteroatoms. The average Bonchev–Trinajstić information content (AvgIpc) is 3.31. The summed E-state index contributed by atoms with van der Waals surface area (Å²) in [5, 5.41) is 8.59. The Bertz CT molecular complexity index is 3250. The van der Waals surface area contributed by atoms with E-state index in [0.717, 1.165) is 61.1 Å². The number of fused-ring (bicyclic) bond motifs is 7. The van der Waals surface area contributed by atoms with Gasteiger partial charge in [0, 0.05) is 27.6 Å². The third-order valence-electron chi connectivity index (χ3n) is 11.1. The van der Waals surface area contributed by atoms with Crippen LogP contribution >= 0.6 is 0 Å². The molecule has 0 unspecified atom stereocenters. The smallest absolute Gasteiger partial charge is 0.164 e. The maximum Gasteiger partial charge on any atom is 0.164 e. The van der Waals surface area contributed by atoms with Crippen molar-refractivity contribution in [3.8, 4) is 67.7 Å². The number of pyridine rings is 1. The predicted octanol–water partition coefficient (Wildman–Crippen LogP) is 13.9. The molecule has 0 aliphatic heterocycles. The molecule has 270 valence electrons. The Balaban J connectivity index is 1.14. The first-order valence-corrected chi connectivity index (χ1v) is 19.5. The van der Waals surface area contributed by atoms with E-state index in [2.05, 4.69) is 133 Å². The molecule has 9 aromatic carbocycles. The third-order valence-corrected chi connectivity index (χ3v) is 11.1. The summed E-state index contributed by atoms with van der Waals surface area (Å²) in [6.45, 7) is 0. The van der Waals surface area contributed by atoms with Crippen LogP contribution in [-0.4, -0.2) is 19.9 Å². The molecule has 11 rings (SSSR count). The lowest BCUT2D eigenvalue weighted by molar-refractivity contribution is 1.07. The molecule has 2 aromatic heterocycles. The average molecular weight is 739 g/mol. The number of nitrogens with zero attached hydrogens (tertiary/aromatic N) is 4. The number of aromatic nitrogens is 4. The topological polar surface area (TPSA) is 51.6 Å². The van der Waals surface area contributed by atoms with Gasteiger partial charge in [-0.3, -0.25) is 0 Å². The Morgan fingerprint density at radius 1 is 0.224 bits per heavy atom. The highest BCUT2D eigenvalue weighted by Gasteiger charge is 2.17. The minimum absolute atomic E-state index is 0.611. The zero-order chi connectivity index (χ0) is 38.4. The quantitative estimate of drug-likeness (QED) is 0.159. The Hall–Kier alpha value is -7.82. The van der Waals surface area contributed by atoms with Crippen molar-refractivity contribution in [1.29, 1.82) is 0 Å². The van der Waals surface area contributed by atoms with Gasteiger partial charge in [0.25, 0.3) is 0 Å². The Labute approximate surface area is 335 Å². The summed E-state index contributed by atoms with van der Waals surface area (Å²) in [6.07, 6.45) is 0. The highest BCUT2D eigenvalue weighted by Crippen LogP contribution is 2.39. The lowest BCUT2D eigenvalue weighted by Gasteiger charge is -2.15. The molecule has 0 atom stereocenters. The second kappa shape index (κ2) is 14.0. The van der Waals surface area contributed by atoms with Crippen molar-refractivity contribution in [3.63, 3.8) is 0 Å². The van der Waals surface area contributed by atoms with Gasteiger partial charge < -0.3 is 0 Å². The van der Waals surface area contributed by atoms with E-state index in [1.54, 1.807) is 0 Å². The predicted molar refractivity (Wildman–Crippen MR) is 240 cm³/mol. The summed E-state index contributed by atoms with van der Waals surface area (Å²) in [5.41, 5.74) is 10.1. The van der Waals surface area contributed by atoms with E-state index in [1.807, 2.05) is 72.8 Å². The van der Waals surface area contributed by atoms with Crippen LogP contribution < -0.4 is 0 Å². The molecule has 0 aliphatic carbocycles. The van der Waals surface area contributed by atoms with Crippen molar-refractivity contribution >= 4 is 43.2 Å². The monoisotopic (exact) mass is 738 g/mol. The van der Waals surface area contributed by atoms with Gasteiger partial charge in [-0.1, -0.05) is 164 Å². The van der Waals surface area contributed by atoms with E-state index in [-0.39, 0.29) is 0 Å². The minimum atomic E-state index is 0.611.